The lowest BCUT2D eigenvalue weighted by Gasteiger charge is -2.33. The van der Waals surface area contributed by atoms with Gasteiger partial charge in [0.15, 0.2) is 5.65 Å². The van der Waals surface area contributed by atoms with Gasteiger partial charge in [-0.2, -0.15) is 0 Å². The Morgan fingerprint density at radius 3 is 2.62 bits per heavy atom. The van der Waals surface area contributed by atoms with E-state index in [4.69, 9.17) is 4.98 Å². The lowest BCUT2D eigenvalue weighted by Crippen LogP contribution is -2.48. The summed E-state index contributed by atoms with van der Waals surface area (Å²) in [5.41, 5.74) is 10.1. The van der Waals surface area contributed by atoms with Gasteiger partial charge in [-0.15, -0.1) is 0 Å². The molecule has 2 aliphatic heterocycles. The average Bonchev–Trinajstić information content (AvgIpc) is 3.34. The number of hydrogen-bond donors (Lipinski definition) is 2. The van der Waals surface area contributed by atoms with Crippen LogP contribution in [-0.4, -0.2) is 51.4 Å². The highest BCUT2D eigenvalue weighted by molar-refractivity contribution is 5.82. The average molecular weight is 388 g/mol. The predicted octanol–water partition coefficient (Wildman–Crippen LogP) is 2.26. The van der Waals surface area contributed by atoms with Crippen molar-refractivity contribution in [2.24, 2.45) is 0 Å². The number of nitrogens with one attached hydrogen (secondary N) is 2. The number of carbonyl (C=O) groups excluding carboxylic acids is 1. The molecule has 0 bridgehead atoms. The number of hydrazine groups is 1. The van der Waals surface area contributed by atoms with E-state index in [1.165, 1.54) is 0 Å². The van der Waals surface area contributed by atoms with Crippen molar-refractivity contribution in [2.75, 3.05) is 19.6 Å². The molecule has 1 amide bonds. The molecule has 2 aliphatic rings. The molecule has 0 saturated carbocycles. The quantitative estimate of drug-likeness (QED) is 0.716. The molecule has 0 aliphatic carbocycles. The van der Waals surface area contributed by atoms with E-state index in [1.807, 2.05) is 23.2 Å². The number of rotatable bonds is 3. The van der Waals surface area contributed by atoms with Gasteiger partial charge in [-0.25, -0.2) is 15.4 Å². The Morgan fingerprint density at radius 1 is 1.03 bits per heavy atom. The second-order valence-electron chi connectivity index (χ2n) is 7.75. The maximum atomic E-state index is 12.6. The van der Waals surface area contributed by atoms with Crippen molar-refractivity contribution < 1.29 is 4.79 Å². The van der Waals surface area contributed by atoms with E-state index in [0.717, 1.165) is 66.8 Å². The summed E-state index contributed by atoms with van der Waals surface area (Å²) in [6.07, 6.45) is 8.20. The first-order chi connectivity index (χ1) is 14.3. The van der Waals surface area contributed by atoms with E-state index in [-0.39, 0.29) is 11.9 Å². The molecule has 29 heavy (non-hydrogen) atoms. The van der Waals surface area contributed by atoms with E-state index in [1.54, 1.807) is 12.4 Å². The number of aromatic nitrogens is 3. The molecule has 2 fully saturated rings. The minimum absolute atomic E-state index is 0.0795. The summed E-state index contributed by atoms with van der Waals surface area (Å²) < 4.78 is 0. The Morgan fingerprint density at radius 2 is 1.86 bits per heavy atom. The Hall–Kier alpha value is -2.90. The van der Waals surface area contributed by atoms with E-state index in [9.17, 15) is 4.79 Å². The largest absolute Gasteiger partial charge is 0.341 e. The minimum atomic E-state index is -0.0795. The topological polar surface area (TPSA) is 83.0 Å². The van der Waals surface area contributed by atoms with Crippen molar-refractivity contribution in [2.45, 2.75) is 31.2 Å². The monoisotopic (exact) mass is 388 g/mol. The first-order valence-electron chi connectivity index (χ1n) is 10.2. The Kier molecular flexibility index (Phi) is 4.91. The number of hydrogen-bond acceptors (Lipinski definition) is 6. The normalized spacial score (nSPS) is 20.3. The van der Waals surface area contributed by atoms with E-state index >= 15 is 0 Å². The summed E-state index contributed by atoms with van der Waals surface area (Å²) in [5, 5.41) is 1.04. The molecule has 0 radical (unpaired) electrons. The maximum absolute atomic E-state index is 12.6. The molecule has 7 heteroatoms. The van der Waals surface area contributed by atoms with Gasteiger partial charge in [-0.05, 0) is 55.2 Å². The highest BCUT2D eigenvalue weighted by atomic mass is 16.2. The van der Waals surface area contributed by atoms with Crippen LogP contribution < -0.4 is 10.9 Å². The fourth-order valence-corrected chi connectivity index (χ4v) is 4.24. The first-order valence-corrected chi connectivity index (χ1v) is 10.2. The van der Waals surface area contributed by atoms with Crippen LogP contribution in [0.15, 0.2) is 48.9 Å². The van der Waals surface area contributed by atoms with Crippen molar-refractivity contribution in [3.63, 3.8) is 0 Å². The third kappa shape index (κ3) is 3.71. The van der Waals surface area contributed by atoms with Crippen LogP contribution in [0.4, 0.5) is 0 Å². The number of piperidine rings is 1. The van der Waals surface area contributed by atoms with Crippen LogP contribution in [-0.2, 0) is 4.79 Å². The third-order valence-corrected chi connectivity index (χ3v) is 5.93. The van der Waals surface area contributed by atoms with Crippen molar-refractivity contribution in [1.82, 2.24) is 30.7 Å². The highest BCUT2D eigenvalue weighted by Crippen LogP contribution is 2.29. The molecule has 0 aromatic carbocycles. The lowest BCUT2D eigenvalue weighted by molar-refractivity contribution is -0.134. The summed E-state index contributed by atoms with van der Waals surface area (Å²) in [7, 11) is 0. The molecule has 1 atom stereocenters. The molecule has 7 nitrogen and oxygen atoms in total. The third-order valence-electron chi connectivity index (χ3n) is 5.93. The van der Waals surface area contributed by atoms with Crippen LogP contribution in [0.5, 0.6) is 0 Å². The van der Waals surface area contributed by atoms with Gasteiger partial charge in [-0.3, -0.25) is 15.2 Å². The molecule has 148 valence electrons. The van der Waals surface area contributed by atoms with Crippen LogP contribution in [0.2, 0.25) is 0 Å². The van der Waals surface area contributed by atoms with Crippen LogP contribution in [0.25, 0.3) is 22.2 Å². The number of carbonyl (C=O) groups is 1. The van der Waals surface area contributed by atoms with Crippen LogP contribution in [0.1, 0.15) is 30.9 Å². The van der Waals surface area contributed by atoms with Crippen molar-refractivity contribution in [3.8, 4) is 11.1 Å². The molecule has 3 aromatic rings. The molecule has 3 aromatic heterocycles. The second-order valence-corrected chi connectivity index (χ2v) is 7.75. The smallest absolute Gasteiger partial charge is 0.241 e. The Bertz CT molecular complexity index is 1010. The van der Waals surface area contributed by atoms with Gasteiger partial charge in [0.2, 0.25) is 5.91 Å². The molecule has 5 rings (SSSR count). The van der Waals surface area contributed by atoms with E-state index in [0.29, 0.717) is 5.92 Å². The fourth-order valence-electron chi connectivity index (χ4n) is 4.24. The van der Waals surface area contributed by atoms with Gasteiger partial charge in [0.25, 0.3) is 0 Å². The summed E-state index contributed by atoms with van der Waals surface area (Å²) >= 11 is 0. The summed E-state index contributed by atoms with van der Waals surface area (Å²) in [6.45, 7) is 2.43. The zero-order chi connectivity index (χ0) is 19.6. The van der Waals surface area contributed by atoms with Crippen LogP contribution in [0.3, 0.4) is 0 Å². The molecular weight excluding hydrogens is 364 g/mol. The zero-order valence-electron chi connectivity index (χ0n) is 16.2. The van der Waals surface area contributed by atoms with Gasteiger partial charge in [0.1, 0.15) is 6.04 Å². The Labute approximate surface area is 169 Å². The van der Waals surface area contributed by atoms with Gasteiger partial charge < -0.3 is 4.90 Å². The summed E-state index contributed by atoms with van der Waals surface area (Å²) in [4.78, 5) is 28.0. The lowest BCUT2D eigenvalue weighted by atomic mass is 9.92. The van der Waals surface area contributed by atoms with Crippen molar-refractivity contribution in [3.05, 3.63) is 54.6 Å². The SMILES string of the molecule is O=C(C1CCNN1)N1CCC(c2ccc3cc(-c4ccncc4)cnc3n2)CC1. The molecule has 1 unspecified atom stereocenters. The van der Waals surface area contributed by atoms with Crippen molar-refractivity contribution in [1.29, 1.82) is 0 Å². The number of fused-ring (bicyclic) bond motifs is 1. The van der Waals surface area contributed by atoms with E-state index in [2.05, 4.69) is 39.0 Å². The number of pyridine rings is 3. The van der Waals surface area contributed by atoms with Crippen molar-refractivity contribution >= 4 is 16.9 Å². The number of likely N-dealkylation sites (tertiary alicyclic amines) is 1. The fraction of sp³-hybridized carbons (Fsp3) is 0.364. The summed E-state index contributed by atoms with van der Waals surface area (Å²) in [6, 6.07) is 10.2. The summed E-state index contributed by atoms with van der Waals surface area (Å²) in [5.74, 6) is 0.588. The second kappa shape index (κ2) is 7.85. The number of nitrogens with zero attached hydrogens (tertiary/aromatic N) is 4. The van der Waals surface area contributed by atoms with Gasteiger partial charge in [0, 0.05) is 60.8 Å². The van der Waals surface area contributed by atoms with Gasteiger partial charge in [0.05, 0.1) is 0 Å². The van der Waals surface area contributed by atoms with Gasteiger partial charge >= 0.3 is 0 Å². The van der Waals surface area contributed by atoms with Gasteiger partial charge in [-0.1, -0.05) is 0 Å². The van der Waals surface area contributed by atoms with E-state index < -0.39 is 0 Å². The zero-order valence-corrected chi connectivity index (χ0v) is 16.2. The van der Waals surface area contributed by atoms with Crippen LogP contribution >= 0.6 is 0 Å². The molecule has 5 heterocycles. The molecule has 2 N–H and O–H groups in total. The molecule has 0 spiro atoms. The maximum Gasteiger partial charge on any atom is 0.241 e. The standard InChI is InChI=1S/C22H24N6O/c29-22(20-5-10-25-27-20)28-11-6-16(7-12-28)19-2-1-17-13-18(14-24-21(17)26-19)15-3-8-23-9-4-15/h1-4,8-9,13-14,16,20,25,27H,5-7,10-12H2. The van der Waals surface area contributed by atoms with Crippen LogP contribution in [0, 0.1) is 0 Å². The first kappa shape index (κ1) is 18.1. The number of amides is 1. The highest BCUT2D eigenvalue weighted by Gasteiger charge is 2.30. The predicted molar refractivity (Wildman–Crippen MR) is 111 cm³/mol. The Balaban J connectivity index is 1.29. The molecular formula is C22H24N6O. The molecule has 2 saturated heterocycles. The minimum Gasteiger partial charge on any atom is -0.341 e.